The molecular weight excluding hydrogens is 318 g/mol. The molecule has 2 unspecified atom stereocenters. The number of benzene rings is 1. The minimum atomic E-state index is 0.258. The van der Waals surface area contributed by atoms with Crippen molar-refractivity contribution < 1.29 is 4.74 Å². The lowest BCUT2D eigenvalue weighted by Gasteiger charge is -2.33. The molecule has 0 spiro atoms. The van der Waals surface area contributed by atoms with Gasteiger partial charge in [0.25, 0.3) is 0 Å². The summed E-state index contributed by atoms with van der Waals surface area (Å²) in [6, 6.07) is 11.3. The van der Waals surface area contributed by atoms with E-state index in [2.05, 4.69) is 50.9 Å². The van der Waals surface area contributed by atoms with Crippen molar-refractivity contribution in [2.24, 2.45) is 5.92 Å². The zero-order valence-electron chi connectivity index (χ0n) is 13.9. The van der Waals surface area contributed by atoms with Crippen LogP contribution in [0.5, 0.6) is 0 Å². The Hall–Kier alpha value is -1.43. The summed E-state index contributed by atoms with van der Waals surface area (Å²) in [5, 5.41) is 7.03. The standard InChI is InChI=1S/C19H25N3OS/c1-2-4-15(5-3-1)18-16(8-12-23-18)14-21-17-6-10-22(11-7-17)19-20-9-13-24-19/h1-5,9,13,16-18,21H,6-8,10-12,14H2. The Morgan fingerprint density at radius 3 is 2.75 bits per heavy atom. The predicted octanol–water partition coefficient (Wildman–Crippen LogP) is 3.48. The maximum atomic E-state index is 6.00. The number of aromatic nitrogens is 1. The van der Waals surface area contributed by atoms with Crippen LogP contribution in [0, 0.1) is 5.92 Å². The molecule has 1 N–H and O–H groups in total. The second-order valence-corrected chi connectivity index (χ2v) is 7.61. The Morgan fingerprint density at radius 1 is 1.17 bits per heavy atom. The molecule has 0 bridgehead atoms. The van der Waals surface area contributed by atoms with E-state index in [4.69, 9.17) is 4.74 Å². The van der Waals surface area contributed by atoms with Gasteiger partial charge in [-0.3, -0.25) is 0 Å². The van der Waals surface area contributed by atoms with Crippen LogP contribution in [0.4, 0.5) is 5.13 Å². The number of hydrogen-bond acceptors (Lipinski definition) is 5. The van der Waals surface area contributed by atoms with Gasteiger partial charge in [0.2, 0.25) is 0 Å². The minimum Gasteiger partial charge on any atom is -0.373 e. The normalized spacial score (nSPS) is 25.2. The summed E-state index contributed by atoms with van der Waals surface area (Å²) < 4.78 is 6.00. The van der Waals surface area contributed by atoms with E-state index in [-0.39, 0.29) is 6.10 Å². The smallest absolute Gasteiger partial charge is 0.185 e. The summed E-state index contributed by atoms with van der Waals surface area (Å²) in [7, 11) is 0. The lowest BCUT2D eigenvalue weighted by molar-refractivity contribution is 0.0895. The number of anilines is 1. The van der Waals surface area contributed by atoms with Crippen LogP contribution in [0.25, 0.3) is 0 Å². The van der Waals surface area contributed by atoms with Crippen molar-refractivity contribution in [2.45, 2.75) is 31.4 Å². The van der Waals surface area contributed by atoms with Gasteiger partial charge in [-0.1, -0.05) is 30.3 Å². The molecule has 2 aromatic rings. The van der Waals surface area contributed by atoms with Crippen molar-refractivity contribution in [3.63, 3.8) is 0 Å². The van der Waals surface area contributed by atoms with Crippen LogP contribution in [-0.2, 0) is 4.74 Å². The molecule has 24 heavy (non-hydrogen) atoms. The van der Waals surface area contributed by atoms with E-state index < -0.39 is 0 Å². The van der Waals surface area contributed by atoms with Crippen molar-refractivity contribution in [2.75, 3.05) is 31.1 Å². The van der Waals surface area contributed by atoms with Gasteiger partial charge >= 0.3 is 0 Å². The van der Waals surface area contributed by atoms with Crippen molar-refractivity contribution in [1.29, 1.82) is 0 Å². The fraction of sp³-hybridized carbons (Fsp3) is 0.526. The van der Waals surface area contributed by atoms with Gasteiger partial charge in [0.05, 0.1) is 6.10 Å². The molecule has 0 radical (unpaired) electrons. The maximum Gasteiger partial charge on any atom is 0.185 e. The highest BCUT2D eigenvalue weighted by Gasteiger charge is 2.30. The molecule has 2 fully saturated rings. The average molecular weight is 343 g/mol. The van der Waals surface area contributed by atoms with E-state index in [1.165, 1.54) is 23.5 Å². The van der Waals surface area contributed by atoms with Gasteiger partial charge in [0.1, 0.15) is 0 Å². The summed E-state index contributed by atoms with van der Waals surface area (Å²) >= 11 is 1.74. The largest absolute Gasteiger partial charge is 0.373 e. The lowest BCUT2D eigenvalue weighted by atomic mass is 9.94. The second-order valence-electron chi connectivity index (χ2n) is 6.74. The third-order valence-electron chi connectivity index (χ3n) is 5.20. The predicted molar refractivity (Wildman–Crippen MR) is 98.6 cm³/mol. The number of nitrogens with one attached hydrogen (secondary N) is 1. The van der Waals surface area contributed by atoms with Crippen molar-refractivity contribution in [1.82, 2.24) is 10.3 Å². The zero-order valence-corrected chi connectivity index (χ0v) is 14.8. The lowest BCUT2D eigenvalue weighted by Crippen LogP contribution is -2.44. The average Bonchev–Trinajstić information content (AvgIpc) is 3.33. The van der Waals surface area contributed by atoms with Crippen LogP contribution < -0.4 is 10.2 Å². The summed E-state index contributed by atoms with van der Waals surface area (Å²) in [5.74, 6) is 0.587. The first-order chi connectivity index (χ1) is 11.9. The molecule has 1 aromatic heterocycles. The SMILES string of the molecule is c1ccc(C2OCCC2CNC2CCN(c3nccs3)CC2)cc1. The molecule has 4 nitrogen and oxygen atoms in total. The second kappa shape index (κ2) is 7.64. The quantitative estimate of drug-likeness (QED) is 0.902. The molecule has 2 saturated heterocycles. The van der Waals surface area contributed by atoms with Gasteiger partial charge in [0, 0.05) is 49.8 Å². The van der Waals surface area contributed by atoms with Crippen LogP contribution in [-0.4, -0.2) is 37.3 Å². The van der Waals surface area contributed by atoms with E-state index in [0.717, 1.165) is 32.7 Å². The molecular formula is C19H25N3OS. The molecule has 0 amide bonds. The van der Waals surface area contributed by atoms with E-state index in [1.807, 2.05) is 6.20 Å². The van der Waals surface area contributed by atoms with Gasteiger partial charge in [-0.2, -0.15) is 0 Å². The van der Waals surface area contributed by atoms with Crippen molar-refractivity contribution in [3.05, 3.63) is 47.5 Å². The monoisotopic (exact) mass is 343 g/mol. The zero-order chi connectivity index (χ0) is 16.2. The Bertz CT molecular complexity index is 611. The number of thiazole rings is 1. The van der Waals surface area contributed by atoms with Crippen LogP contribution >= 0.6 is 11.3 Å². The van der Waals surface area contributed by atoms with Gasteiger partial charge in [0.15, 0.2) is 5.13 Å². The van der Waals surface area contributed by atoms with E-state index in [1.54, 1.807) is 11.3 Å². The molecule has 2 atom stereocenters. The third kappa shape index (κ3) is 3.63. The number of piperidine rings is 1. The first-order valence-corrected chi connectivity index (χ1v) is 9.82. The molecule has 5 heteroatoms. The Morgan fingerprint density at radius 2 is 2.00 bits per heavy atom. The molecule has 2 aliphatic rings. The fourth-order valence-electron chi connectivity index (χ4n) is 3.82. The van der Waals surface area contributed by atoms with Gasteiger partial charge < -0.3 is 15.0 Å². The van der Waals surface area contributed by atoms with E-state index in [0.29, 0.717) is 12.0 Å². The Kier molecular flexibility index (Phi) is 5.11. The number of rotatable bonds is 5. The first kappa shape index (κ1) is 16.1. The summed E-state index contributed by atoms with van der Waals surface area (Å²) in [4.78, 5) is 6.84. The summed E-state index contributed by atoms with van der Waals surface area (Å²) in [5.41, 5.74) is 1.32. The van der Waals surface area contributed by atoms with Crippen LogP contribution in [0.15, 0.2) is 41.9 Å². The minimum absolute atomic E-state index is 0.258. The van der Waals surface area contributed by atoms with Gasteiger partial charge in [-0.15, -0.1) is 11.3 Å². The maximum absolute atomic E-state index is 6.00. The number of hydrogen-bond donors (Lipinski definition) is 1. The summed E-state index contributed by atoms with van der Waals surface area (Å²) in [6.45, 7) is 4.15. The Labute approximate surface area is 147 Å². The Balaban J connectivity index is 1.27. The first-order valence-electron chi connectivity index (χ1n) is 8.94. The van der Waals surface area contributed by atoms with Crippen LogP contribution in [0.2, 0.25) is 0 Å². The molecule has 1 aromatic carbocycles. The van der Waals surface area contributed by atoms with Crippen molar-refractivity contribution in [3.8, 4) is 0 Å². The number of nitrogens with zero attached hydrogens (tertiary/aromatic N) is 2. The topological polar surface area (TPSA) is 37.4 Å². The highest BCUT2D eigenvalue weighted by atomic mass is 32.1. The summed E-state index contributed by atoms with van der Waals surface area (Å²) in [6.07, 6.45) is 5.71. The third-order valence-corrected chi connectivity index (χ3v) is 6.03. The molecule has 2 aliphatic heterocycles. The van der Waals surface area contributed by atoms with E-state index in [9.17, 15) is 0 Å². The highest BCUT2D eigenvalue weighted by Crippen LogP contribution is 2.34. The molecule has 0 aliphatic carbocycles. The van der Waals surface area contributed by atoms with Crippen molar-refractivity contribution >= 4 is 16.5 Å². The van der Waals surface area contributed by atoms with Crippen LogP contribution in [0.1, 0.15) is 30.9 Å². The van der Waals surface area contributed by atoms with Gasteiger partial charge in [-0.05, 0) is 24.8 Å². The molecule has 4 rings (SSSR count). The molecule has 128 valence electrons. The molecule has 0 saturated carbocycles. The fourth-order valence-corrected chi connectivity index (χ4v) is 4.52. The van der Waals surface area contributed by atoms with E-state index >= 15 is 0 Å². The van der Waals surface area contributed by atoms with Crippen LogP contribution in [0.3, 0.4) is 0 Å². The van der Waals surface area contributed by atoms with Gasteiger partial charge in [-0.25, -0.2) is 4.98 Å². The molecule has 3 heterocycles. The highest BCUT2D eigenvalue weighted by molar-refractivity contribution is 7.13. The number of ether oxygens (including phenoxy) is 1.